The number of carbonyl (C=O) groups excluding carboxylic acids is 1. The zero-order chi connectivity index (χ0) is 22.3. The molecule has 0 radical (unpaired) electrons. The van der Waals surface area contributed by atoms with Crippen LogP contribution in [0.15, 0.2) is 42.7 Å². The minimum absolute atomic E-state index is 0.0638. The van der Waals surface area contributed by atoms with Gasteiger partial charge in [-0.3, -0.25) is 4.79 Å². The summed E-state index contributed by atoms with van der Waals surface area (Å²) in [6.07, 6.45) is 2.73. The summed E-state index contributed by atoms with van der Waals surface area (Å²) < 4.78 is 15.5. The maximum atomic E-state index is 15.5. The monoisotopic (exact) mass is 413 g/mol. The van der Waals surface area contributed by atoms with Crippen molar-refractivity contribution in [1.29, 1.82) is 0 Å². The van der Waals surface area contributed by atoms with Gasteiger partial charge < -0.3 is 22.1 Å². The molecule has 0 amide bonds. The lowest BCUT2D eigenvalue weighted by atomic mass is 9.93. The van der Waals surface area contributed by atoms with E-state index in [1.54, 1.807) is 25.1 Å². The van der Waals surface area contributed by atoms with Crippen LogP contribution in [-0.4, -0.2) is 29.9 Å². The lowest BCUT2D eigenvalue weighted by Gasteiger charge is -2.25. The van der Waals surface area contributed by atoms with Gasteiger partial charge in [-0.1, -0.05) is 25.6 Å². The average Bonchev–Trinajstić information content (AvgIpc) is 2.71. The third kappa shape index (κ3) is 5.87. The number of halogens is 1. The molecule has 2 rings (SSSR count). The van der Waals surface area contributed by atoms with E-state index in [0.29, 0.717) is 48.4 Å². The molecule has 0 fully saturated rings. The molecule has 1 aromatic heterocycles. The summed E-state index contributed by atoms with van der Waals surface area (Å²) >= 11 is 0. The molecule has 0 aliphatic carbocycles. The van der Waals surface area contributed by atoms with Crippen LogP contribution in [0, 0.1) is 12.7 Å². The van der Waals surface area contributed by atoms with Gasteiger partial charge in [-0.05, 0) is 38.0 Å². The minimum Gasteiger partial charge on any atom is -0.388 e. The Morgan fingerprint density at radius 2 is 2.03 bits per heavy atom. The maximum absolute atomic E-state index is 15.5. The number of anilines is 1. The number of aromatic nitrogens is 1. The summed E-state index contributed by atoms with van der Waals surface area (Å²) in [6, 6.07) is 6.46. The predicted molar refractivity (Wildman–Crippen MR) is 120 cm³/mol. The summed E-state index contributed by atoms with van der Waals surface area (Å²) in [7, 11) is 0. The molecular formula is C23H32FN5O. The van der Waals surface area contributed by atoms with E-state index in [4.69, 9.17) is 11.5 Å². The van der Waals surface area contributed by atoms with E-state index in [9.17, 15) is 4.79 Å². The molecule has 0 saturated carbocycles. The molecule has 0 aliphatic rings. The summed E-state index contributed by atoms with van der Waals surface area (Å²) in [5.41, 5.74) is 13.4. The average molecular weight is 414 g/mol. The van der Waals surface area contributed by atoms with Crippen LogP contribution in [0.4, 0.5) is 10.2 Å². The minimum atomic E-state index is -0.497. The molecule has 0 spiro atoms. The number of aryl methyl sites for hydroxylation is 1. The van der Waals surface area contributed by atoms with Gasteiger partial charge >= 0.3 is 0 Å². The molecule has 2 aromatic rings. The second kappa shape index (κ2) is 10.8. The number of hydrogen-bond donors (Lipinski definition) is 4. The molecule has 2 atom stereocenters. The highest BCUT2D eigenvalue weighted by Crippen LogP contribution is 2.27. The standard InChI is InChI=1S/C23H32FN5O/c1-5-19(29-16(4)12-15(3)27-11-10-25)18-8-6-14(2)21(22(18)24)23(30)17-7-9-20(26)28-13-17/h6-9,13,16,19,27,29H,3,5,10-12,25H2,1-2,4H3,(H2,26,28). The van der Waals surface area contributed by atoms with E-state index in [1.807, 2.05) is 13.8 Å². The molecule has 6 N–H and O–H groups in total. The van der Waals surface area contributed by atoms with Crippen LogP contribution in [0.3, 0.4) is 0 Å². The first-order chi connectivity index (χ1) is 14.3. The Hall–Kier alpha value is -2.77. The van der Waals surface area contributed by atoms with E-state index in [0.717, 1.165) is 5.70 Å². The summed E-state index contributed by atoms with van der Waals surface area (Å²) in [6.45, 7) is 10.9. The van der Waals surface area contributed by atoms with E-state index in [2.05, 4.69) is 22.2 Å². The van der Waals surface area contributed by atoms with Crippen molar-refractivity contribution in [3.05, 3.63) is 70.8 Å². The second-order valence-electron chi connectivity index (χ2n) is 7.51. The molecule has 0 saturated heterocycles. The van der Waals surface area contributed by atoms with Gasteiger partial charge in [0.05, 0.1) is 5.56 Å². The molecule has 0 bridgehead atoms. The Labute approximate surface area is 178 Å². The number of benzene rings is 1. The molecule has 6 nitrogen and oxygen atoms in total. The van der Waals surface area contributed by atoms with Crippen LogP contribution in [0.5, 0.6) is 0 Å². The Morgan fingerprint density at radius 1 is 1.30 bits per heavy atom. The van der Waals surface area contributed by atoms with Gasteiger partial charge in [-0.2, -0.15) is 0 Å². The zero-order valence-electron chi connectivity index (χ0n) is 18.0. The lowest BCUT2D eigenvalue weighted by Crippen LogP contribution is -2.33. The molecule has 162 valence electrons. The Kier molecular flexibility index (Phi) is 8.50. The van der Waals surface area contributed by atoms with Crippen LogP contribution in [0.1, 0.15) is 59.8 Å². The van der Waals surface area contributed by atoms with Crippen molar-refractivity contribution in [2.24, 2.45) is 5.73 Å². The lowest BCUT2D eigenvalue weighted by molar-refractivity contribution is 0.103. The molecule has 7 heteroatoms. The topological polar surface area (TPSA) is 106 Å². The summed E-state index contributed by atoms with van der Waals surface area (Å²) in [5, 5.41) is 6.62. The van der Waals surface area contributed by atoms with Crippen molar-refractivity contribution >= 4 is 11.6 Å². The molecule has 1 aromatic carbocycles. The number of nitrogens with two attached hydrogens (primary N) is 2. The van der Waals surface area contributed by atoms with Crippen molar-refractivity contribution in [1.82, 2.24) is 15.6 Å². The van der Waals surface area contributed by atoms with Crippen molar-refractivity contribution in [2.75, 3.05) is 18.8 Å². The van der Waals surface area contributed by atoms with Gasteiger partial charge in [0.2, 0.25) is 0 Å². The first-order valence-corrected chi connectivity index (χ1v) is 10.2. The van der Waals surface area contributed by atoms with E-state index in [-0.39, 0.29) is 17.6 Å². The third-order valence-corrected chi connectivity index (χ3v) is 5.00. The number of nitrogen functional groups attached to an aromatic ring is 1. The number of carbonyl (C=O) groups is 1. The number of rotatable bonds is 11. The highest BCUT2D eigenvalue weighted by Gasteiger charge is 2.24. The normalized spacial score (nSPS) is 13.0. The zero-order valence-corrected chi connectivity index (χ0v) is 18.0. The maximum Gasteiger partial charge on any atom is 0.197 e. The van der Waals surface area contributed by atoms with Crippen LogP contribution in [0.2, 0.25) is 0 Å². The fraction of sp³-hybridized carbons (Fsp3) is 0.391. The van der Waals surface area contributed by atoms with E-state index in [1.165, 1.54) is 12.3 Å². The molecule has 30 heavy (non-hydrogen) atoms. The van der Waals surface area contributed by atoms with Gasteiger partial charge in [0.1, 0.15) is 11.6 Å². The Morgan fingerprint density at radius 3 is 2.63 bits per heavy atom. The summed E-state index contributed by atoms with van der Waals surface area (Å²) in [4.78, 5) is 16.9. The predicted octanol–water partition coefficient (Wildman–Crippen LogP) is 3.22. The van der Waals surface area contributed by atoms with Crippen molar-refractivity contribution in [3.8, 4) is 0 Å². The van der Waals surface area contributed by atoms with Crippen LogP contribution in [0.25, 0.3) is 0 Å². The molecular weight excluding hydrogens is 381 g/mol. The highest BCUT2D eigenvalue weighted by atomic mass is 19.1. The van der Waals surface area contributed by atoms with E-state index >= 15 is 4.39 Å². The molecule has 2 unspecified atom stereocenters. The smallest absolute Gasteiger partial charge is 0.197 e. The highest BCUT2D eigenvalue weighted by molar-refractivity contribution is 6.10. The van der Waals surface area contributed by atoms with Gasteiger partial charge in [-0.15, -0.1) is 0 Å². The van der Waals surface area contributed by atoms with Gasteiger partial charge in [0, 0.05) is 54.6 Å². The number of ketones is 1. The number of nitrogens with one attached hydrogen (secondary N) is 2. The van der Waals surface area contributed by atoms with Crippen molar-refractivity contribution in [3.63, 3.8) is 0 Å². The summed E-state index contributed by atoms with van der Waals surface area (Å²) in [5.74, 6) is -0.589. The fourth-order valence-corrected chi connectivity index (χ4v) is 3.44. The second-order valence-corrected chi connectivity index (χ2v) is 7.51. The Bertz CT molecular complexity index is 882. The first kappa shape index (κ1) is 23.5. The Balaban J connectivity index is 2.25. The van der Waals surface area contributed by atoms with Crippen molar-refractivity contribution < 1.29 is 9.18 Å². The fourth-order valence-electron chi connectivity index (χ4n) is 3.44. The molecule has 1 heterocycles. The number of pyridine rings is 1. The van der Waals surface area contributed by atoms with Gasteiger partial charge in [0.25, 0.3) is 0 Å². The van der Waals surface area contributed by atoms with Crippen LogP contribution in [-0.2, 0) is 0 Å². The third-order valence-electron chi connectivity index (χ3n) is 5.00. The van der Waals surface area contributed by atoms with Crippen LogP contribution < -0.4 is 22.1 Å². The first-order valence-electron chi connectivity index (χ1n) is 10.2. The quantitative estimate of drug-likeness (QED) is 0.422. The van der Waals surface area contributed by atoms with E-state index < -0.39 is 11.6 Å². The van der Waals surface area contributed by atoms with Gasteiger partial charge in [0.15, 0.2) is 5.78 Å². The largest absolute Gasteiger partial charge is 0.388 e. The van der Waals surface area contributed by atoms with Crippen LogP contribution >= 0.6 is 0 Å². The molecule has 0 aliphatic heterocycles. The van der Waals surface area contributed by atoms with Gasteiger partial charge in [-0.25, -0.2) is 9.37 Å². The number of nitrogens with zero attached hydrogens (tertiary/aromatic N) is 1. The SMILES string of the molecule is C=C(CC(C)NC(CC)c1ccc(C)c(C(=O)c2ccc(N)nc2)c1F)NCCN. The van der Waals surface area contributed by atoms with Crippen molar-refractivity contribution in [2.45, 2.75) is 45.7 Å². The number of hydrogen-bond acceptors (Lipinski definition) is 6.